The van der Waals surface area contributed by atoms with E-state index in [2.05, 4.69) is 69.4 Å². The lowest BCUT2D eigenvalue weighted by Gasteiger charge is -2.18. The van der Waals surface area contributed by atoms with Crippen LogP contribution in [0.4, 0.5) is 0 Å². The molecule has 75 heavy (non-hydrogen) atoms. The predicted octanol–water partition coefficient (Wildman–Crippen LogP) is 22.6. The van der Waals surface area contributed by atoms with Crippen LogP contribution < -0.4 is 0 Å². The van der Waals surface area contributed by atoms with Gasteiger partial charge in [0.2, 0.25) is 0 Å². The lowest BCUT2D eigenvalue weighted by molar-refractivity contribution is -0.167. The highest BCUT2D eigenvalue weighted by Gasteiger charge is 2.19. The molecule has 0 heterocycles. The summed E-state index contributed by atoms with van der Waals surface area (Å²) in [4.78, 5) is 38.4. The second-order valence-electron chi connectivity index (χ2n) is 22.4. The maximum absolute atomic E-state index is 12.9. The second kappa shape index (κ2) is 63.9. The monoisotopic (exact) mass is 1050 g/mol. The summed E-state index contributed by atoms with van der Waals surface area (Å²) in [5, 5.41) is 0. The van der Waals surface area contributed by atoms with E-state index in [0.717, 1.165) is 70.6 Å². The number of esters is 3. The van der Waals surface area contributed by atoms with E-state index < -0.39 is 6.10 Å². The molecule has 1 atom stereocenters. The van der Waals surface area contributed by atoms with Crippen molar-refractivity contribution < 1.29 is 28.6 Å². The molecule has 0 aromatic carbocycles. The van der Waals surface area contributed by atoms with Crippen LogP contribution >= 0.6 is 0 Å². The topological polar surface area (TPSA) is 78.9 Å². The first-order valence-corrected chi connectivity index (χ1v) is 33.1. The maximum atomic E-state index is 12.9. The number of ether oxygens (including phenoxy) is 3. The first kappa shape index (κ1) is 72.4. The highest BCUT2D eigenvalue weighted by Crippen LogP contribution is 2.18. The number of unbranched alkanes of at least 4 members (excludes halogenated alkanes) is 42. The van der Waals surface area contributed by atoms with Crippen molar-refractivity contribution in [1.82, 2.24) is 0 Å². The molecule has 0 radical (unpaired) electrons. The van der Waals surface area contributed by atoms with Crippen molar-refractivity contribution in [2.45, 2.75) is 361 Å². The Balaban J connectivity index is 4.35. The summed E-state index contributed by atoms with van der Waals surface area (Å²) in [7, 11) is 0. The molecule has 6 heteroatoms. The molecule has 0 saturated carbocycles. The Morgan fingerprint density at radius 2 is 0.480 bits per heavy atom. The smallest absolute Gasteiger partial charge is 0.306 e. The molecule has 0 spiro atoms. The fraction of sp³-hybridized carbons (Fsp3) is 0.841. The maximum Gasteiger partial charge on any atom is 0.306 e. The minimum Gasteiger partial charge on any atom is -0.462 e. The summed E-state index contributed by atoms with van der Waals surface area (Å²) >= 11 is 0. The van der Waals surface area contributed by atoms with Crippen molar-refractivity contribution in [2.24, 2.45) is 0 Å². The Bertz CT molecular complexity index is 1300. The van der Waals surface area contributed by atoms with E-state index in [9.17, 15) is 14.4 Å². The molecule has 0 aromatic rings. The quantitative estimate of drug-likeness (QED) is 0.0261. The summed E-state index contributed by atoms with van der Waals surface area (Å²) in [6, 6.07) is 0. The van der Waals surface area contributed by atoms with Crippen molar-refractivity contribution in [3.63, 3.8) is 0 Å². The van der Waals surface area contributed by atoms with Gasteiger partial charge in [0.15, 0.2) is 6.10 Å². The van der Waals surface area contributed by atoms with E-state index >= 15 is 0 Å². The third kappa shape index (κ3) is 62.1. The molecule has 0 unspecified atom stereocenters. The van der Waals surface area contributed by atoms with Gasteiger partial charge in [-0.25, -0.2) is 0 Å². The van der Waals surface area contributed by atoms with E-state index in [1.54, 1.807) is 0 Å². The van der Waals surface area contributed by atoms with Crippen LogP contribution in [0.1, 0.15) is 355 Å². The number of carbonyl (C=O) groups is 3. The van der Waals surface area contributed by atoms with E-state index in [4.69, 9.17) is 14.2 Å². The summed E-state index contributed by atoms with van der Waals surface area (Å²) in [5.41, 5.74) is 0. The minimum atomic E-state index is -0.776. The molecule has 438 valence electrons. The standard InChI is InChI=1S/C69H126O6/c1-4-7-10-13-16-19-22-25-28-31-34-37-40-43-46-49-52-55-58-61-67(70)73-64-66(75-69(72)63-60-57-54-51-48-45-42-39-36-33-30-27-24-21-18-15-12-9-6-3)65-74-68(71)62-59-56-53-50-47-44-41-38-35-32-29-26-23-20-17-14-11-8-5-2/h16,18-19,21,25,27-28,30,66H,4-15,17,20,22-24,26,29,31-65H2,1-3H3/b19-16-,21-18-,28-25-,30-27-/t66-/m1/s1. The van der Waals surface area contributed by atoms with Crippen LogP contribution in [-0.4, -0.2) is 37.2 Å². The highest BCUT2D eigenvalue weighted by atomic mass is 16.6. The summed E-state index contributed by atoms with van der Waals surface area (Å²) in [6.45, 7) is 6.65. The number of rotatable bonds is 61. The molecule has 0 N–H and O–H groups in total. The molecule has 0 aliphatic heterocycles. The van der Waals surface area contributed by atoms with E-state index in [1.165, 1.54) is 244 Å². The number of allylic oxidation sites excluding steroid dienone is 8. The van der Waals surface area contributed by atoms with Crippen molar-refractivity contribution >= 4 is 17.9 Å². The average Bonchev–Trinajstić information content (AvgIpc) is 3.41. The SMILES string of the molecule is CCCCC/C=C\C/C=C\CCCCCCCCCCCC(=O)OC[C@H](COC(=O)CCCCCCCCCCCCCCCCCCCCC)OC(=O)CCCCCCCCCCC/C=C\C/C=C\CCCCC. The van der Waals surface area contributed by atoms with Crippen LogP contribution in [0.2, 0.25) is 0 Å². The second-order valence-corrected chi connectivity index (χ2v) is 22.4. The third-order valence-corrected chi connectivity index (χ3v) is 14.8. The molecule has 0 rings (SSSR count). The summed E-state index contributed by atoms with van der Waals surface area (Å²) < 4.78 is 17.0. The minimum absolute atomic E-state index is 0.0721. The molecule has 0 aliphatic carbocycles. The van der Waals surface area contributed by atoms with E-state index in [-0.39, 0.29) is 31.1 Å². The molecule has 0 fully saturated rings. The van der Waals surface area contributed by atoms with Gasteiger partial charge in [-0.15, -0.1) is 0 Å². The van der Waals surface area contributed by atoms with Gasteiger partial charge < -0.3 is 14.2 Å². The fourth-order valence-corrected chi connectivity index (χ4v) is 9.80. The van der Waals surface area contributed by atoms with Gasteiger partial charge in [0.1, 0.15) is 13.2 Å². The number of hydrogen-bond donors (Lipinski definition) is 0. The zero-order valence-electron chi connectivity index (χ0n) is 50.3. The average molecular weight is 1050 g/mol. The normalized spacial score (nSPS) is 12.3. The first-order chi connectivity index (χ1) is 37.0. The van der Waals surface area contributed by atoms with Crippen LogP contribution in [0.25, 0.3) is 0 Å². The largest absolute Gasteiger partial charge is 0.462 e. The number of carbonyl (C=O) groups excluding carboxylic acids is 3. The summed E-state index contributed by atoms with van der Waals surface area (Å²) in [6.07, 6.45) is 79.7. The highest BCUT2D eigenvalue weighted by molar-refractivity contribution is 5.71. The zero-order chi connectivity index (χ0) is 54.3. The molecule has 6 nitrogen and oxygen atoms in total. The van der Waals surface area contributed by atoms with Gasteiger partial charge in [0.05, 0.1) is 0 Å². The van der Waals surface area contributed by atoms with E-state index in [0.29, 0.717) is 19.3 Å². The number of hydrogen-bond acceptors (Lipinski definition) is 6. The van der Waals surface area contributed by atoms with Crippen LogP contribution in [0.3, 0.4) is 0 Å². The van der Waals surface area contributed by atoms with Gasteiger partial charge in [-0.3, -0.25) is 14.4 Å². The van der Waals surface area contributed by atoms with Crippen LogP contribution in [-0.2, 0) is 28.6 Å². The Morgan fingerprint density at radius 3 is 0.760 bits per heavy atom. The fourth-order valence-electron chi connectivity index (χ4n) is 9.80. The van der Waals surface area contributed by atoms with Gasteiger partial charge in [0, 0.05) is 19.3 Å². The van der Waals surface area contributed by atoms with Gasteiger partial charge in [-0.1, -0.05) is 301 Å². The van der Waals surface area contributed by atoms with Gasteiger partial charge in [0.25, 0.3) is 0 Å². The Hall–Kier alpha value is -2.63. The molecule has 0 aromatic heterocycles. The Morgan fingerprint density at radius 1 is 0.267 bits per heavy atom. The lowest BCUT2D eigenvalue weighted by Crippen LogP contribution is -2.30. The van der Waals surface area contributed by atoms with Crippen molar-refractivity contribution in [1.29, 1.82) is 0 Å². The predicted molar refractivity (Wildman–Crippen MR) is 325 cm³/mol. The van der Waals surface area contributed by atoms with Crippen LogP contribution in [0, 0.1) is 0 Å². The Kier molecular flexibility index (Phi) is 61.7. The molecule has 0 saturated heterocycles. The van der Waals surface area contributed by atoms with Crippen LogP contribution in [0.15, 0.2) is 48.6 Å². The van der Waals surface area contributed by atoms with E-state index in [1.807, 2.05) is 0 Å². The van der Waals surface area contributed by atoms with Crippen molar-refractivity contribution in [3.8, 4) is 0 Å². The van der Waals surface area contributed by atoms with Crippen molar-refractivity contribution in [2.75, 3.05) is 13.2 Å². The Labute approximate surface area is 467 Å². The van der Waals surface area contributed by atoms with Crippen LogP contribution in [0.5, 0.6) is 0 Å². The zero-order valence-corrected chi connectivity index (χ0v) is 50.3. The lowest BCUT2D eigenvalue weighted by atomic mass is 10.0. The summed E-state index contributed by atoms with van der Waals surface area (Å²) in [5.74, 6) is -0.857. The molecule has 0 amide bonds. The third-order valence-electron chi connectivity index (χ3n) is 14.8. The van der Waals surface area contributed by atoms with Crippen molar-refractivity contribution in [3.05, 3.63) is 48.6 Å². The first-order valence-electron chi connectivity index (χ1n) is 33.1. The molecular weight excluding hydrogens is 925 g/mol. The molecule has 0 aliphatic rings. The molecular formula is C69H126O6. The van der Waals surface area contributed by atoms with Gasteiger partial charge in [-0.05, 0) is 83.5 Å². The molecule has 0 bridgehead atoms. The van der Waals surface area contributed by atoms with Gasteiger partial charge >= 0.3 is 17.9 Å². The van der Waals surface area contributed by atoms with Gasteiger partial charge in [-0.2, -0.15) is 0 Å².